The number of carbonyl (C=O) groups is 2. The molecule has 0 bridgehead atoms. The number of likely N-dealkylation sites (tertiary alicyclic amines) is 1. The fourth-order valence-electron chi connectivity index (χ4n) is 2.24. The summed E-state index contributed by atoms with van der Waals surface area (Å²) in [4.78, 5) is 23.9. The summed E-state index contributed by atoms with van der Waals surface area (Å²) >= 11 is 3.19. The highest BCUT2D eigenvalue weighted by atomic mass is 79.9. The molecule has 120 valence electrons. The van der Waals surface area contributed by atoms with Gasteiger partial charge >= 0.3 is 12.1 Å². The summed E-state index contributed by atoms with van der Waals surface area (Å²) in [5.41, 5.74) is 0.481. The van der Waals surface area contributed by atoms with E-state index in [9.17, 15) is 9.59 Å². The molecular weight excluding hydrogens is 354 g/mol. The smallest absolute Gasteiger partial charge is 0.407 e. The van der Waals surface area contributed by atoms with Crippen molar-refractivity contribution in [3.8, 4) is 5.75 Å². The van der Waals surface area contributed by atoms with Crippen LogP contribution in [0.3, 0.4) is 0 Å². The van der Waals surface area contributed by atoms with Crippen LogP contribution >= 0.6 is 15.9 Å². The van der Waals surface area contributed by atoms with Crippen LogP contribution in [0.15, 0.2) is 24.3 Å². The molecule has 1 aliphatic heterocycles. The molecule has 0 radical (unpaired) electrons. The molecule has 0 atom stereocenters. The van der Waals surface area contributed by atoms with Crippen LogP contribution in [0.25, 0.3) is 0 Å². The monoisotopic (exact) mass is 371 g/mol. The van der Waals surface area contributed by atoms with E-state index in [1.165, 1.54) is 4.90 Å². The number of amides is 1. The molecule has 1 aromatic rings. The van der Waals surface area contributed by atoms with E-state index in [-0.39, 0.29) is 12.1 Å². The van der Waals surface area contributed by atoms with E-state index in [1.807, 2.05) is 0 Å². The van der Waals surface area contributed by atoms with Crippen LogP contribution < -0.4 is 4.74 Å². The van der Waals surface area contributed by atoms with E-state index < -0.39 is 6.09 Å². The minimum Gasteiger partial charge on any atom is -0.490 e. The summed E-state index contributed by atoms with van der Waals surface area (Å²) in [5.74, 6) is 0.312. The Morgan fingerprint density at radius 1 is 1.23 bits per heavy atom. The number of piperidine rings is 1. The normalized spacial score (nSPS) is 15.4. The number of halogens is 1. The van der Waals surface area contributed by atoms with Gasteiger partial charge in [-0.05, 0) is 24.3 Å². The number of benzene rings is 1. The van der Waals surface area contributed by atoms with Gasteiger partial charge in [0, 0.05) is 31.3 Å². The predicted octanol–water partition coefficient (Wildman–Crippen LogP) is 2.76. The second-order valence-corrected chi connectivity index (χ2v) is 5.73. The first-order valence-corrected chi connectivity index (χ1v) is 8.20. The van der Waals surface area contributed by atoms with Crippen molar-refractivity contribution in [3.05, 3.63) is 29.8 Å². The van der Waals surface area contributed by atoms with Gasteiger partial charge in [-0.1, -0.05) is 15.9 Å². The quantitative estimate of drug-likeness (QED) is 0.636. The SMILES string of the molecule is O=C(OCCBr)c1ccc(OC2CCN(C(=O)O)CC2)cc1. The lowest BCUT2D eigenvalue weighted by atomic mass is 10.1. The van der Waals surface area contributed by atoms with Gasteiger partial charge in [-0.15, -0.1) is 0 Å². The van der Waals surface area contributed by atoms with Crippen molar-refractivity contribution < 1.29 is 24.2 Å². The van der Waals surface area contributed by atoms with Crippen LogP contribution in [0.4, 0.5) is 4.79 Å². The van der Waals surface area contributed by atoms with Crippen molar-refractivity contribution in [1.29, 1.82) is 0 Å². The van der Waals surface area contributed by atoms with E-state index in [0.717, 1.165) is 0 Å². The Morgan fingerprint density at radius 2 is 1.86 bits per heavy atom. The zero-order valence-electron chi connectivity index (χ0n) is 12.0. The molecule has 1 saturated heterocycles. The number of hydrogen-bond acceptors (Lipinski definition) is 4. The highest BCUT2D eigenvalue weighted by molar-refractivity contribution is 9.09. The van der Waals surface area contributed by atoms with Crippen molar-refractivity contribution in [1.82, 2.24) is 4.90 Å². The highest BCUT2D eigenvalue weighted by Gasteiger charge is 2.23. The lowest BCUT2D eigenvalue weighted by Gasteiger charge is -2.30. The van der Waals surface area contributed by atoms with Gasteiger partial charge in [0.25, 0.3) is 0 Å². The topological polar surface area (TPSA) is 76.1 Å². The van der Waals surface area contributed by atoms with Crippen molar-refractivity contribution >= 4 is 28.0 Å². The highest BCUT2D eigenvalue weighted by Crippen LogP contribution is 2.20. The van der Waals surface area contributed by atoms with Gasteiger partial charge in [0.2, 0.25) is 0 Å². The van der Waals surface area contributed by atoms with E-state index >= 15 is 0 Å². The summed E-state index contributed by atoms with van der Waals surface area (Å²) in [6, 6.07) is 6.79. The predicted molar refractivity (Wildman–Crippen MR) is 83.8 cm³/mol. The molecule has 0 spiro atoms. The molecule has 2 rings (SSSR count). The largest absolute Gasteiger partial charge is 0.490 e. The van der Waals surface area contributed by atoms with Crippen molar-refractivity contribution in [3.63, 3.8) is 0 Å². The first kappa shape index (κ1) is 16.6. The summed E-state index contributed by atoms with van der Waals surface area (Å²) < 4.78 is 10.8. The Hall–Kier alpha value is -1.76. The van der Waals surface area contributed by atoms with Crippen LogP contribution in [-0.4, -0.2) is 53.2 Å². The summed E-state index contributed by atoms with van der Waals surface area (Å²) in [6.07, 6.45) is 0.453. The second-order valence-electron chi connectivity index (χ2n) is 4.94. The molecule has 7 heteroatoms. The molecule has 1 aliphatic rings. The molecule has 0 aliphatic carbocycles. The molecule has 0 unspecified atom stereocenters. The number of rotatable bonds is 5. The molecule has 22 heavy (non-hydrogen) atoms. The molecule has 0 aromatic heterocycles. The van der Waals surface area contributed by atoms with Crippen LogP contribution in [0.1, 0.15) is 23.2 Å². The Bertz CT molecular complexity index is 511. The van der Waals surface area contributed by atoms with Crippen LogP contribution in [0.2, 0.25) is 0 Å². The van der Waals surface area contributed by atoms with E-state index in [2.05, 4.69) is 15.9 Å². The molecule has 0 saturated carbocycles. The molecule has 1 N–H and O–H groups in total. The van der Waals surface area contributed by atoms with Crippen LogP contribution in [-0.2, 0) is 4.74 Å². The number of esters is 1. The minimum atomic E-state index is -0.884. The van der Waals surface area contributed by atoms with Gasteiger partial charge in [0.1, 0.15) is 18.5 Å². The Labute approximate surface area is 137 Å². The maximum atomic E-state index is 11.7. The summed E-state index contributed by atoms with van der Waals surface area (Å²) in [5, 5.41) is 9.50. The third-order valence-corrected chi connectivity index (χ3v) is 3.74. The van der Waals surface area contributed by atoms with E-state index in [0.29, 0.717) is 49.2 Å². The first-order chi connectivity index (χ1) is 10.6. The van der Waals surface area contributed by atoms with Crippen LogP contribution in [0.5, 0.6) is 5.75 Å². The Balaban J connectivity index is 1.84. The van der Waals surface area contributed by atoms with Crippen molar-refractivity contribution in [2.24, 2.45) is 0 Å². The molecule has 1 fully saturated rings. The number of hydrogen-bond donors (Lipinski definition) is 1. The Morgan fingerprint density at radius 3 is 2.41 bits per heavy atom. The number of nitrogens with zero attached hydrogens (tertiary/aromatic N) is 1. The zero-order chi connectivity index (χ0) is 15.9. The minimum absolute atomic E-state index is 0.00167. The summed E-state index contributed by atoms with van der Waals surface area (Å²) in [6.45, 7) is 1.30. The standard InChI is InChI=1S/C15H18BrNO5/c16-7-10-21-14(18)11-1-3-12(4-2-11)22-13-5-8-17(9-6-13)15(19)20/h1-4,13H,5-10H2,(H,19,20). The maximum absolute atomic E-state index is 11.7. The average molecular weight is 372 g/mol. The van der Waals surface area contributed by atoms with Gasteiger partial charge < -0.3 is 19.5 Å². The van der Waals surface area contributed by atoms with Gasteiger partial charge in [-0.3, -0.25) is 0 Å². The summed E-state index contributed by atoms with van der Waals surface area (Å²) in [7, 11) is 0. The number of carbonyl (C=O) groups excluding carboxylic acids is 1. The maximum Gasteiger partial charge on any atom is 0.407 e. The lowest BCUT2D eigenvalue weighted by molar-refractivity contribution is 0.0531. The fraction of sp³-hybridized carbons (Fsp3) is 0.467. The van der Waals surface area contributed by atoms with Gasteiger partial charge in [0.15, 0.2) is 0 Å². The molecule has 1 aromatic carbocycles. The lowest BCUT2D eigenvalue weighted by Crippen LogP contribution is -2.41. The average Bonchev–Trinajstić information content (AvgIpc) is 2.54. The Kier molecular flexibility index (Phi) is 6.06. The van der Waals surface area contributed by atoms with E-state index in [4.69, 9.17) is 14.6 Å². The number of ether oxygens (including phenoxy) is 2. The van der Waals surface area contributed by atoms with Crippen LogP contribution in [0, 0.1) is 0 Å². The number of alkyl halides is 1. The molecule has 6 nitrogen and oxygen atoms in total. The third kappa shape index (κ3) is 4.62. The molecular formula is C15H18BrNO5. The van der Waals surface area contributed by atoms with Gasteiger partial charge in [-0.2, -0.15) is 0 Å². The van der Waals surface area contributed by atoms with Gasteiger partial charge in [0.05, 0.1) is 5.56 Å². The second kappa shape index (κ2) is 8.03. The van der Waals surface area contributed by atoms with Gasteiger partial charge in [-0.25, -0.2) is 9.59 Å². The zero-order valence-corrected chi connectivity index (χ0v) is 13.6. The number of carboxylic acid groups (broad SMARTS) is 1. The first-order valence-electron chi connectivity index (χ1n) is 7.08. The van der Waals surface area contributed by atoms with Crippen molar-refractivity contribution in [2.75, 3.05) is 25.0 Å². The fourth-order valence-corrected chi connectivity index (χ4v) is 2.40. The van der Waals surface area contributed by atoms with E-state index in [1.54, 1.807) is 24.3 Å². The molecule has 1 heterocycles. The van der Waals surface area contributed by atoms with Crippen molar-refractivity contribution in [2.45, 2.75) is 18.9 Å². The third-order valence-electron chi connectivity index (χ3n) is 3.42. The molecule has 1 amide bonds.